The molecule has 0 spiro atoms. The van der Waals surface area contributed by atoms with Gasteiger partial charge in [0.2, 0.25) is 0 Å². The van der Waals surface area contributed by atoms with Crippen LogP contribution in [-0.4, -0.2) is 4.75 Å². The monoisotopic (exact) mass is 367 g/mol. The summed E-state index contributed by atoms with van der Waals surface area (Å²) in [6, 6.07) is 23.8. The lowest BCUT2D eigenvalue weighted by Crippen LogP contribution is -2.13. The van der Waals surface area contributed by atoms with E-state index in [9.17, 15) is 0 Å². The van der Waals surface area contributed by atoms with Gasteiger partial charge in [-0.05, 0) is 28.0 Å². The van der Waals surface area contributed by atoms with Crippen LogP contribution in [0.4, 0.5) is 0 Å². The maximum absolute atomic E-state index is 3.63. The molecule has 25 heavy (non-hydrogen) atoms. The van der Waals surface area contributed by atoms with Crippen LogP contribution < -0.4 is 5.32 Å². The predicted octanol–water partition coefficient (Wildman–Crippen LogP) is 6.67. The Kier molecular flexibility index (Phi) is 6.10. The van der Waals surface area contributed by atoms with Crippen molar-refractivity contribution in [3.8, 4) is 0 Å². The zero-order valence-corrected chi connectivity index (χ0v) is 16.7. The lowest BCUT2D eigenvalue weighted by Gasteiger charge is -2.18. The molecular weight excluding hydrogens is 342 g/mol. The fraction of sp³-hybridized carbons (Fsp3) is 0.273. The van der Waals surface area contributed by atoms with E-state index in [4.69, 9.17) is 0 Å². The highest BCUT2D eigenvalue weighted by molar-refractivity contribution is 8.77. The van der Waals surface area contributed by atoms with E-state index in [1.165, 1.54) is 26.8 Å². The Balaban J connectivity index is 1.66. The molecule has 0 unspecified atom stereocenters. The van der Waals surface area contributed by atoms with Crippen molar-refractivity contribution in [2.45, 2.75) is 43.5 Å². The van der Waals surface area contributed by atoms with E-state index in [2.05, 4.69) is 92.8 Å². The summed E-state index contributed by atoms with van der Waals surface area (Å²) in [6.07, 6.45) is 0. The van der Waals surface area contributed by atoms with Crippen molar-refractivity contribution in [2.24, 2.45) is 0 Å². The highest BCUT2D eigenvalue weighted by Gasteiger charge is 2.13. The highest BCUT2D eigenvalue weighted by atomic mass is 33.1. The van der Waals surface area contributed by atoms with Crippen LogP contribution in [0.2, 0.25) is 0 Å². The number of fused-ring (bicyclic) bond motifs is 1. The molecule has 3 rings (SSSR count). The highest BCUT2D eigenvalue weighted by Crippen LogP contribution is 2.41. The number of hydrogen-bond donors (Lipinski definition) is 1. The molecule has 0 heterocycles. The minimum absolute atomic E-state index is 0.258. The zero-order valence-electron chi connectivity index (χ0n) is 15.1. The molecule has 0 aliphatic heterocycles. The molecular formula is C22H25NS2. The standard InChI is InChI=1S/C22H25NS2/c1-22(2,3)25-24-21-14-7-5-10-19(21)16-23-15-18-12-8-11-17-9-4-6-13-20(17)18/h4-14,23H,15-16H2,1-3H3. The Bertz CT molecular complexity index is 831. The summed E-state index contributed by atoms with van der Waals surface area (Å²) in [5.41, 5.74) is 2.72. The molecule has 0 aliphatic rings. The Hall–Kier alpha value is -1.42. The predicted molar refractivity (Wildman–Crippen MR) is 114 cm³/mol. The first-order chi connectivity index (χ1) is 12.0. The Morgan fingerprint density at radius 3 is 2.24 bits per heavy atom. The molecule has 0 bridgehead atoms. The van der Waals surface area contributed by atoms with Gasteiger partial charge >= 0.3 is 0 Å². The van der Waals surface area contributed by atoms with Gasteiger partial charge in [0.25, 0.3) is 0 Å². The second-order valence-corrected chi connectivity index (χ2v) is 10.1. The topological polar surface area (TPSA) is 12.0 Å². The summed E-state index contributed by atoms with van der Waals surface area (Å²) in [6.45, 7) is 8.54. The van der Waals surface area contributed by atoms with E-state index in [0.717, 1.165) is 13.1 Å². The lowest BCUT2D eigenvalue weighted by atomic mass is 10.0. The second kappa shape index (κ2) is 8.31. The van der Waals surface area contributed by atoms with Gasteiger partial charge in [-0.25, -0.2) is 0 Å². The van der Waals surface area contributed by atoms with Crippen molar-refractivity contribution < 1.29 is 0 Å². The molecule has 0 aromatic heterocycles. The molecule has 0 saturated heterocycles. The maximum Gasteiger partial charge on any atom is 0.0227 e. The van der Waals surface area contributed by atoms with Crippen molar-refractivity contribution in [3.05, 3.63) is 77.9 Å². The average molecular weight is 368 g/mol. The number of nitrogens with one attached hydrogen (secondary N) is 1. The van der Waals surface area contributed by atoms with Gasteiger partial charge in [-0.15, -0.1) is 0 Å². The number of hydrogen-bond acceptors (Lipinski definition) is 3. The normalized spacial score (nSPS) is 11.8. The molecule has 0 atom stereocenters. The van der Waals surface area contributed by atoms with E-state index in [-0.39, 0.29) is 4.75 Å². The van der Waals surface area contributed by atoms with Gasteiger partial charge in [-0.3, -0.25) is 0 Å². The third-order valence-corrected chi connectivity index (χ3v) is 7.31. The molecule has 130 valence electrons. The molecule has 0 saturated carbocycles. The fourth-order valence-electron chi connectivity index (χ4n) is 2.68. The van der Waals surface area contributed by atoms with Crippen LogP contribution >= 0.6 is 21.6 Å². The van der Waals surface area contributed by atoms with Crippen molar-refractivity contribution in [2.75, 3.05) is 0 Å². The van der Waals surface area contributed by atoms with Crippen LogP contribution in [0.5, 0.6) is 0 Å². The van der Waals surface area contributed by atoms with Crippen molar-refractivity contribution in [1.82, 2.24) is 5.32 Å². The summed E-state index contributed by atoms with van der Waals surface area (Å²) in [5.74, 6) is 0. The van der Waals surface area contributed by atoms with Crippen LogP contribution in [0, 0.1) is 0 Å². The van der Waals surface area contributed by atoms with Crippen LogP contribution in [0.3, 0.4) is 0 Å². The van der Waals surface area contributed by atoms with Crippen molar-refractivity contribution >= 4 is 32.4 Å². The molecule has 0 fully saturated rings. The van der Waals surface area contributed by atoms with Crippen LogP contribution in [0.1, 0.15) is 31.9 Å². The van der Waals surface area contributed by atoms with Gasteiger partial charge in [-0.2, -0.15) is 0 Å². The second-order valence-electron chi connectivity index (χ2n) is 7.13. The molecule has 0 radical (unpaired) electrons. The number of benzene rings is 3. The Morgan fingerprint density at radius 2 is 1.40 bits per heavy atom. The molecule has 3 aromatic carbocycles. The van der Waals surface area contributed by atoms with E-state index in [1.807, 2.05) is 21.6 Å². The maximum atomic E-state index is 3.63. The molecule has 1 N–H and O–H groups in total. The summed E-state index contributed by atoms with van der Waals surface area (Å²) in [4.78, 5) is 1.35. The minimum Gasteiger partial charge on any atom is -0.309 e. The van der Waals surface area contributed by atoms with E-state index < -0.39 is 0 Å². The fourth-order valence-corrected chi connectivity index (χ4v) is 4.91. The first kappa shape index (κ1) is 18.4. The van der Waals surface area contributed by atoms with Crippen LogP contribution in [0.15, 0.2) is 71.6 Å². The van der Waals surface area contributed by atoms with Gasteiger partial charge in [0.05, 0.1) is 0 Å². The smallest absolute Gasteiger partial charge is 0.0227 e. The first-order valence-corrected chi connectivity index (χ1v) is 10.8. The summed E-state index contributed by atoms with van der Waals surface area (Å²) in [5, 5.41) is 6.27. The van der Waals surface area contributed by atoms with Gasteiger partial charge in [0.15, 0.2) is 0 Å². The van der Waals surface area contributed by atoms with Crippen LogP contribution in [0.25, 0.3) is 10.8 Å². The summed E-state index contributed by atoms with van der Waals surface area (Å²) < 4.78 is 0.258. The molecule has 3 aromatic rings. The minimum atomic E-state index is 0.258. The van der Waals surface area contributed by atoms with E-state index in [1.54, 1.807) is 0 Å². The molecule has 0 aliphatic carbocycles. The zero-order chi connectivity index (χ0) is 17.7. The third kappa shape index (κ3) is 5.27. The molecule has 3 heteroatoms. The first-order valence-electron chi connectivity index (χ1n) is 8.64. The lowest BCUT2D eigenvalue weighted by molar-refractivity contribution is 0.689. The number of rotatable bonds is 6. The largest absolute Gasteiger partial charge is 0.309 e. The Morgan fingerprint density at radius 1 is 0.760 bits per heavy atom. The Labute approximate surface area is 159 Å². The van der Waals surface area contributed by atoms with Gasteiger partial charge in [-0.1, -0.05) is 103 Å². The van der Waals surface area contributed by atoms with Crippen molar-refractivity contribution in [3.63, 3.8) is 0 Å². The van der Waals surface area contributed by atoms with E-state index in [0.29, 0.717) is 0 Å². The average Bonchev–Trinajstić information content (AvgIpc) is 2.60. The third-order valence-electron chi connectivity index (χ3n) is 3.86. The SMILES string of the molecule is CC(C)(C)SSc1ccccc1CNCc1cccc2ccccc12. The summed E-state index contributed by atoms with van der Waals surface area (Å²) >= 11 is 0. The van der Waals surface area contributed by atoms with Gasteiger partial charge < -0.3 is 5.32 Å². The summed E-state index contributed by atoms with van der Waals surface area (Å²) in [7, 11) is 3.80. The molecule has 1 nitrogen and oxygen atoms in total. The van der Waals surface area contributed by atoms with Crippen molar-refractivity contribution in [1.29, 1.82) is 0 Å². The van der Waals surface area contributed by atoms with Gasteiger partial charge in [0, 0.05) is 22.7 Å². The van der Waals surface area contributed by atoms with Gasteiger partial charge in [0.1, 0.15) is 0 Å². The molecule has 0 amide bonds. The van der Waals surface area contributed by atoms with E-state index >= 15 is 0 Å². The van der Waals surface area contributed by atoms with Crippen LogP contribution in [-0.2, 0) is 13.1 Å². The quantitative estimate of drug-likeness (QED) is 0.489.